The lowest BCUT2D eigenvalue weighted by Crippen LogP contribution is -2.64. The van der Waals surface area contributed by atoms with E-state index in [1.54, 1.807) is 25.1 Å². The Balaban J connectivity index is 2.51. The van der Waals surface area contributed by atoms with Crippen LogP contribution in [-0.4, -0.2) is 23.9 Å². The van der Waals surface area contributed by atoms with Crippen LogP contribution in [0.1, 0.15) is 20.8 Å². The normalized spacial score (nSPS) is 23.7. The maximum absolute atomic E-state index is 12.4. The van der Waals surface area contributed by atoms with Gasteiger partial charge in [-0.1, -0.05) is 37.6 Å². The van der Waals surface area contributed by atoms with Gasteiger partial charge in [-0.15, -0.1) is 0 Å². The molecule has 2 amide bonds. The second-order valence-corrected chi connectivity index (χ2v) is 5.49. The fourth-order valence-corrected chi connectivity index (χ4v) is 2.57. The van der Waals surface area contributed by atoms with E-state index in [1.165, 1.54) is 4.90 Å². The minimum atomic E-state index is -0.529. The summed E-state index contributed by atoms with van der Waals surface area (Å²) < 4.78 is 0. The molecular weight excluding hydrogens is 264 g/mol. The second kappa shape index (κ2) is 5.21. The van der Waals surface area contributed by atoms with Crippen molar-refractivity contribution in [1.29, 1.82) is 0 Å². The zero-order chi connectivity index (χ0) is 14.2. The number of carbonyl (C=O) groups excluding carboxylic acids is 2. The van der Waals surface area contributed by atoms with E-state index in [1.807, 2.05) is 19.9 Å². The summed E-state index contributed by atoms with van der Waals surface area (Å²) in [6.45, 7) is 5.51. The first-order valence-electron chi connectivity index (χ1n) is 6.31. The summed E-state index contributed by atoms with van der Waals surface area (Å²) in [7, 11) is 0. The molecule has 0 aromatic heterocycles. The lowest BCUT2D eigenvalue weighted by molar-refractivity contribution is -0.134. The summed E-state index contributed by atoms with van der Waals surface area (Å²) in [5, 5.41) is 3.18. The molecule has 1 aromatic rings. The van der Waals surface area contributed by atoms with E-state index in [0.29, 0.717) is 10.7 Å². The molecule has 102 valence electrons. The molecule has 0 bridgehead atoms. The molecule has 1 aliphatic heterocycles. The van der Waals surface area contributed by atoms with Gasteiger partial charge >= 0.3 is 0 Å². The Hall–Kier alpha value is -1.55. The van der Waals surface area contributed by atoms with Crippen molar-refractivity contribution in [1.82, 2.24) is 5.32 Å². The van der Waals surface area contributed by atoms with Crippen LogP contribution in [0.5, 0.6) is 0 Å². The smallest absolute Gasteiger partial charge is 0.250 e. The van der Waals surface area contributed by atoms with Crippen molar-refractivity contribution < 1.29 is 9.59 Å². The standard InChI is InChI=1S/C14H17ClN2O2/c1-8(2)12-13(18)16-9(3)14(19)17(12)11-7-5-4-6-10(11)15/h4-9,12H,1-3H3,(H,16,18). The number of nitrogens with zero attached hydrogens (tertiary/aromatic N) is 1. The third-order valence-corrected chi connectivity index (χ3v) is 3.58. The molecule has 1 aromatic carbocycles. The molecule has 0 aliphatic carbocycles. The summed E-state index contributed by atoms with van der Waals surface area (Å²) in [5.41, 5.74) is 0.592. The molecule has 1 aliphatic rings. The van der Waals surface area contributed by atoms with Crippen LogP contribution < -0.4 is 10.2 Å². The van der Waals surface area contributed by atoms with Gasteiger partial charge in [0, 0.05) is 0 Å². The van der Waals surface area contributed by atoms with Crippen LogP contribution in [0.2, 0.25) is 5.02 Å². The number of hydrogen-bond acceptors (Lipinski definition) is 2. The average molecular weight is 281 g/mol. The van der Waals surface area contributed by atoms with E-state index in [-0.39, 0.29) is 17.7 Å². The van der Waals surface area contributed by atoms with Gasteiger partial charge in [-0.2, -0.15) is 0 Å². The van der Waals surface area contributed by atoms with Gasteiger partial charge in [0.1, 0.15) is 12.1 Å². The SMILES string of the molecule is CC1NC(=O)C(C(C)C)N(c2ccccc2Cl)C1=O. The number of benzene rings is 1. The maximum atomic E-state index is 12.4. The predicted octanol–water partition coefficient (Wildman–Crippen LogP) is 2.22. The maximum Gasteiger partial charge on any atom is 0.250 e. The van der Waals surface area contributed by atoms with Crippen LogP contribution in [0.4, 0.5) is 5.69 Å². The molecule has 1 heterocycles. The number of anilines is 1. The lowest BCUT2D eigenvalue weighted by Gasteiger charge is -2.40. The van der Waals surface area contributed by atoms with Crippen LogP contribution in [0.15, 0.2) is 24.3 Å². The van der Waals surface area contributed by atoms with E-state index in [9.17, 15) is 9.59 Å². The number of piperazine rings is 1. The van der Waals surface area contributed by atoms with Crippen LogP contribution >= 0.6 is 11.6 Å². The quantitative estimate of drug-likeness (QED) is 0.903. The zero-order valence-electron chi connectivity index (χ0n) is 11.2. The van der Waals surface area contributed by atoms with E-state index >= 15 is 0 Å². The number of halogens is 1. The van der Waals surface area contributed by atoms with Crippen LogP contribution in [0, 0.1) is 5.92 Å². The molecule has 0 saturated carbocycles. The molecule has 1 fully saturated rings. The molecular formula is C14H17ClN2O2. The number of hydrogen-bond donors (Lipinski definition) is 1. The number of carbonyl (C=O) groups is 2. The zero-order valence-corrected chi connectivity index (χ0v) is 11.9. The van der Waals surface area contributed by atoms with Gasteiger partial charge in [-0.3, -0.25) is 14.5 Å². The molecule has 2 unspecified atom stereocenters. The van der Waals surface area contributed by atoms with Gasteiger partial charge in [-0.25, -0.2) is 0 Å². The topological polar surface area (TPSA) is 49.4 Å². The number of para-hydroxylation sites is 1. The summed E-state index contributed by atoms with van der Waals surface area (Å²) in [4.78, 5) is 26.1. The Morgan fingerprint density at radius 2 is 1.89 bits per heavy atom. The van der Waals surface area contributed by atoms with Gasteiger partial charge < -0.3 is 5.32 Å². The van der Waals surface area contributed by atoms with Crippen molar-refractivity contribution >= 4 is 29.1 Å². The third-order valence-electron chi connectivity index (χ3n) is 3.26. The van der Waals surface area contributed by atoms with Gasteiger partial charge in [0.05, 0.1) is 10.7 Å². The minimum Gasteiger partial charge on any atom is -0.343 e. The van der Waals surface area contributed by atoms with Gasteiger partial charge in [0.25, 0.3) is 0 Å². The molecule has 1 saturated heterocycles. The molecule has 0 radical (unpaired) electrons. The average Bonchev–Trinajstić information content (AvgIpc) is 2.34. The third kappa shape index (κ3) is 2.45. The van der Waals surface area contributed by atoms with Gasteiger partial charge in [0.2, 0.25) is 11.8 Å². The van der Waals surface area contributed by atoms with Crippen molar-refractivity contribution in [2.24, 2.45) is 5.92 Å². The van der Waals surface area contributed by atoms with E-state index < -0.39 is 12.1 Å². The van der Waals surface area contributed by atoms with Gasteiger partial charge in [0.15, 0.2) is 0 Å². The first kappa shape index (κ1) is 13.9. The number of amides is 2. The molecule has 0 spiro atoms. The van der Waals surface area contributed by atoms with Crippen molar-refractivity contribution in [3.05, 3.63) is 29.3 Å². The molecule has 19 heavy (non-hydrogen) atoms. The predicted molar refractivity (Wildman–Crippen MR) is 75.2 cm³/mol. The monoisotopic (exact) mass is 280 g/mol. The molecule has 1 N–H and O–H groups in total. The van der Waals surface area contributed by atoms with Gasteiger partial charge in [-0.05, 0) is 25.0 Å². The number of nitrogens with one attached hydrogen (secondary N) is 1. The fourth-order valence-electron chi connectivity index (χ4n) is 2.34. The summed E-state index contributed by atoms with van der Waals surface area (Å²) in [6.07, 6.45) is 0. The first-order valence-corrected chi connectivity index (χ1v) is 6.69. The lowest BCUT2D eigenvalue weighted by atomic mass is 9.96. The van der Waals surface area contributed by atoms with Crippen LogP contribution in [0.3, 0.4) is 0 Å². The van der Waals surface area contributed by atoms with Crippen LogP contribution in [-0.2, 0) is 9.59 Å². The highest BCUT2D eigenvalue weighted by Gasteiger charge is 2.41. The second-order valence-electron chi connectivity index (χ2n) is 5.08. The largest absolute Gasteiger partial charge is 0.343 e. The van der Waals surface area contributed by atoms with E-state index in [0.717, 1.165) is 0 Å². The highest BCUT2D eigenvalue weighted by molar-refractivity contribution is 6.34. The number of rotatable bonds is 2. The van der Waals surface area contributed by atoms with Crippen molar-refractivity contribution in [2.75, 3.05) is 4.90 Å². The Morgan fingerprint density at radius 1 is 1.26 bits per heavy atom. The Morgan fingerprint density at radius 3 is 2.47 bits per heavy atom. The molecule has 2 rings (SSSR count). The first-order chi connectivity index (χ1) is 8.93. The van der Waals surface area contributed by atoms with Crippen molar-refractivity contribution in [2.45, 2.75) is 32.9 Å². The molecule has 5 heteroatoms. The summed E-state index contributed by atoms with van der Waals surface area (Å²) >= 11 is 6.16. The Labute approximate surface area is 117 Å². The highest BCUT2D eigenvalue weighted by Crippen LogP contribution is 2.31. The highest BCUT2D eigenvalue weighted by atomic mass is 35.5. The van der Waals surface area contributed by atoms with Crippen molar-refractivity contribution in [3.8, 4) is 0 Å². The van der Waals surface area contributed by atoms with Crippen molar-refractivity contribution in [3.63, 3.8) is 0 Å². The van der Waals surface area contributed by atoms with E-state index in [2.05, 4.69) is 5.32 Å². The van der Waals surface area contributed by atoms with Crippen LogP contribution in [0.25, 0.3) is 0 Å². The summed E-state index contributed by atoms with van der Waals surface area (Å²) in [6, 6.07) is 6.04. The van der Waals surface area contributed by atoms with E-state index in [4.69, 9.17) is 11.6 Å². The molecule has 4 nitrogen and oxygen atoms in total. The minimum absolute atomic E-state index is 0.00715. The Kier molecular flexibility index (Phi) is 3.80. The Bertz CT molecular complexity index is 516. The molecule has 2 atom stereocenters. The fraction of sp³-hybridized carbons (Fsp3) is 0.429. The summed E-state index contributed by atoms with van der Waals surface area (Å²) in [5.74, 6) is -0.263.